The van der Waals surface area contributed by atoms with Gasteiger partial charge in [-0.25, -0.2) is 4.79 Å². The first-order chi connectivity index (χ1) is 8.58. The minimum absolute atomic E-state index is 0.325. The van der Waals surface area contributed by atoms with Crippen LogP contribution in [0.1, 0.15) is 20.8 Å². The molecule has 0 aliphatic carbocycles. The SMILES string of the molecule is CCOC(=O)C(C)Nc1ccc(N)c(OCC)n1. The van der Waals surface area contributed by atoms with Gasteiger partial charge < -0.3 is 20.5 Å². The second-order valence-electron chi connectivity index (χ2n) is 3.64. The molecule has 100 valence electrons. The summed E-state index contributed by atoms with van der Waals surface area (Å²) < 4.78 is 10.2. The van der Waals surface area contributed by atoms with E-state index in [0.29, 0.717) is 30.6 Å². The van der Waals surface area contributed by atoms with Crippen LogP contribution in [0.25, 0.3) is 0 Å². The van der Waals surface area contributed by atoms with E-state index in [0.717, 1.165) is 0 Å². The summed E-state index contributed by atoms with van der Waals surface area (Å²) in [5.74, 6) is 0.556. The molecule has 0 fully saturated rings. The van der Waals surface area contributed by atoms with Gasteiger partial charge in [0, 0.05) is 0 Å². The van der Waals surface area contributed by atoms with Crippen molar-refractivity contribution < 1.29 is 14.3 Å². The van der Waals surface area contributed by atoms with E-state index in [9.17, 15) is 4.79 Å². The van der Waals surface area contributed by atoms with E-state index in [1.807, 2.05) is 6.92 Å². The molecule has 1 atom stereocenters. The van der Waals surface area contributed by atoms with Crippen LogP contribution in [-0.4, -0.2) is 30.2 Å². The lowest BCUT2D eigenvalue weighted by atomic mass is 10.3. The number of nitrogens with one attached hydrogen (secondary N) is 1. The van der Waals surface area contributed by atoms with Crippen molar-refractivity contribution in [1.82, 2.24) is 4.98 Å². The number of esters is 1. The summed E-state index contributed by atoms with van der Waals surface area (Å²) >= 11 is 0. The van der Waals surface area contributed by atoms with Gasteiger partial charge in [0.2, 0.25) is 5.88 Å². The van der Waals surface area contributed by atoms with E-state index in [2.05, 4.69) is 10.3 Å². The first kappa shape index (κ1) is 14.1. The summed E-state index contributed by atoms with van der Waals surface area (Å²) in [4.78, 5) is 15.6. The Labute approximate surface area is 106 Å². The number of nitrogens with zero attached hydrogens (tertiary/aromatic N) is 1. The van der Waals surface area contributed by atoms with Crippen molar-refractivity contribution in [1.29, 1.82) is 0 Å². The lowest BCUT2D eigenvalue weighted by Crippen LogP contribution is -2.28. The second-order valence-corrected chi connectivity index (χ2v) is 3.64. The van der Waals surface area contributed by atoms with Gasteiger partial charge in [0.1, 0.15) is 11.9 Å². The minimum atomic E-state index is -0.476. The van der Waals surface area contributed by atoms with Crippen LogP contribution in [0.3, 0.4) is 0 Å². The first-order valence-electron chi connectivity index (χ1n) is 5.91. The number of hydrogen-bond donors (Lipinski definition) is 2. The zero-order valence-corrected chi connectivity index (χ0v) is 10.9. The average molecular weight is 253 g/mol. The van der Waals surface area contributed by atoms with Gasteiger partial charge in [-0.05, 0) is 32.9 Å². The van der Waals surface area contributed by atoms with Gasteiger partial charge in [-0.3, -0.25) is 0 Å². The molecule has 18 heavy (non-hydrogen) atoms. The monoisotopic (exact) mass is 253 g/mol. The highest BCUT2D eigenvalue weighted by atomic mass is 16.5. The van der Waals surface area contributed by atoms with E-state index in [1.54, 1.807) is 26.0 Å². The summed E-state index contributed by atoms with van der Waals surface area (Å²) in [6, 6.07) is 2.89. The quantitative estimate of drug-likeness (QED) is 0.746. The lowest BCUT2D eigenvalue weighted by Gasteiger charge is -2.14. The predicted octanol–water partition coefficient (Wildman–Crippen LogP) is 1.43. The highest BCUT2D eigenvalue weighted by molar-refractivity contribution is 5.78. The van der Waals surface area contributed by atoms with E-state index in [-0.39, 0.29) is 5.97 Å². The molecular weight excluding hydrogens is 234 g/mol. The fraction of sp³-hybridized carbons (Fsp3) is 0.500. The Hall–Kier alpha value is -1.98. The van der Waals surface area contributed by atoms with Gasteiger partial charge in [-0.15, -0.1) is 0 Å². The van der Waals surface area contributed by atoms with Gasteiger partial charge >= 0.3 is 5.97 Å². The average Bonchev–Trinajstić information content (AvgIpc) is 2.34. The number of nitrogens with two attached hydrogens (primary N) is 1. The molecule has 3 N–H and O–H groups in total. The van der Waals surface area contributed by atoms with E-state index >= 15 is 0 Å². The molecule has 0 bridgehead atoms. The van der Waals surface area contributed by atoms with Crippen LogP contribution in [0, 0.1) is 0 Å². The number of carbonyl (C=O) groups is 1. The Kier molecular flexibility index (Phi) is 5.23. The maximum atomic E-state index is 11.5. The highest BCUT2D eigenvalue weighted by Crippen LogP contribution is 2.21. The molecule has 0 saturated heterocycles. The molecule has 6 nitrogen and oxygen atoms in total. The van der Waals surface area contributed by atoms with Gasteiger partial charge in [0.05, 0.1) is 18.9 Å². The summed E-state index contributed by atoms with van der Waals surface area (Å²) in [6.45, 7) is 6.15. The van der Waals surface area contributed by atoms with Crippen molar-refractivity contribution >= 4 is 17.5 Å². The molecular formula is C12H19N3O3. The Morgan fingerprint density at radius 2 is 2.17 bits per heavy atom. The molecule has 1 aromatic heterocycles. The third-order valence-electron chi connectivity index (χ3n) is 2.18. The largest absolute Gasteiger partial charge is 0.476 e. The number of rotatable bonds is 6. The lowest BCUT2D eigenvalue weighted by molar-refractivity contribution is -0.143. The van der Waals surface area contributed by atoms with Crippen molar-refractivity contribution in [3.05, 3.63) is 12.1 Å². The summed E-state index contributed by atoms with van der Waals surface area (Å²) in [5, 5.41) is 2.93. The molecule has 0 aliphatic heterocycles. The Morgan fingerprint density at radius 3 is 2.78 bits per heavy atom. The zero-order chi connectivity index (χ0) is 13.5. The second kappa shape index (κ2) is 6.68. The number of aromatic nitrogens is 1. The number of pyridine rings is 1. The van der Waals surface area contributed by atoms with Crippen LogP contribution in [0.5, 0.6) is 5.88 Å². The molecule has 0 saturated carbocycles. The number of anilines is 2. The van der Waals surface area contributed by atoms with E-state index in [1.165, 1.54) is 0 Å². The predicted molar refractivity (Wildman–Crippen MR) is 69.5 cm³/mol. The molecule has 1 aromatic rings. The molecule has 0 amide bonds. The summed E-state index contributed by atoms with van der Waals surface area (Å²) in [5.41, 5.74) is 6.17. The van der Waals surface area contributed by atoms with E-state index < -0.39 is 6.04 Å². The maximum Gasteiger partial charge on any atom is 0.328 e. The van der Waals surface area contributed by atoms with Gasteiger partial charge in [0.25, 0.3) is 0 Å². The minimum Gasteiger partial charge on any atom is -0.476 e. The summed E-state index contributed by atoms with van der Waals surface area (Å²) in [7, 11) is 0. The normalized spacial score (nSPS) is 11.7. The number of hydrogen-bond acceptors (Lipinski definition) is 6. The van der Waals surface area contributed by atoms with Crippen LogP contribution in [0.2, 0.25) is 0 Å². The number of nitrogen functional groups attached to an aromatic ring is 1. The van der Waals surface area contributed by atoms with Crippen molar-refractivity contribution in [3.63, 3.8) is 0 Å². The Bertz CT molecular complexity index is 410. The molecule has 6 heteroatoms. The van der Waals surface area contributed by atoms with Crippen LogP contribution >= 0.6 is 0 Å². The maximum absolute atomic E-state index is 11.5. The Balaban J connectivity index is 2.72. The fourth-order valence-corrected chi connectivity index (χ4v) is 1.33. The smallest absolute Gasteiger partial charge is 0.328 e. The fourth-order valence-electron chi connectivity index (χ4n) is 1.33. The molecule has 0 spiro atoms. The van der Waals surface area contributed by atoms with Crippen molar-refractivity contribution in [2.75, 3.05) is 24.3 Å². The molecule has 0 aromatic carbocycles. The van der Waals surface area contributed by atoms with Crippen LogP contribution < -0.4 is 15.8 Å². The van der Waals surface area contributed by atoms with Crippen molar-refractivity contribution in [2.45, 2.75) is 26.8 Å². The molecule has 1 rings (SSSR count). The summed E-state index contributed by atoms with van der Waals surface area (Å²) in [6.07, 6.45) is 0. The zero-order valence-electron chi connectivity index (χ0n) is 10.9. The van der Waals surface area contributed by atoms with Gasteiger partial charge in [0.15, 0.2) is 0 Å². The molecule has 0 radical (unpaired) electrons. The van der Waals surface area contributed by atoms with Crippen LogP contribution in [0.4, 0.5) is 11.5 Å². The van der Waals surface area contributed by atoms with Gasteiger partial charge in [-0.1, -0.05) is 0 Å². The van der Waals surface area contributed by atoms with Crippen molar-refractivity contribution in [3.8, 4) is 5.88 Å². The first-order valence-corrected chi connectivity index (χ1v) is 5.91. The van der Waals surface area contributed by atoms with Crippen molar-refractivity contribution in [2.24, 2.45) is 0 Å². The third-order valence-corrected chi connectivity index (χ3v) is 2.18. The number of ether oxygens (including phenoxy) is 2. The molecule has 0 aliphatic rings. The topological polar surface area (TPSA) is 86.5 Å². The van der Waals surface area contributed by atoms with Crippen LogP contribution in [-0.2, 0) is 9.53 Å². The standard InChI is InChI=1S/C12H19N3O3/c1-4-17-11-9(13)6-7-10(15-11)14-8(3)12(16)18-5-2/h6-8H,4-5,13H2,1-3H3,(H,14,15). The highest BCUT2D eigenvalue weighted by Gasteiger charge is 2.14. The molecule has 1 unspecified atom stereocenters. The Morgan fingerprint density at radius 1 is 1.44 bits per heavy atom. The number of carbonyl (C=O) groups excluding carboxylic acids is 1. The van der Waals surface area contributed by atoms with E-state index in [4.69, 9.17) is 15.2 Å². The van der Waals surface area contributed by atoms with Crippen LogP contribution in [0.15, 0.2) is 12.1 Å². The van der Waals surface area contributed by atoms with Gasteiger partial charge in [-0.2, -0.15) is 4.98 Å². The third kappa shape index (κ3) is 3.80. The molecule has 1 heterocycles.